The van der Waals surface area contributed by atoms with Crippen LogP contribution in [0, 0.1) is 6.92 Å². The van der Waals surface area contributed by atoms with Crippen molar-refractivity contribution in [2.24, 2.45) is 0 Å². The molecule has 0 saturated carbocycles. The molecule has 24 heavy (non-hydrogen) atoms. The van der Waals surface area contributed by atoms with Crippen LogP contribution in [0.25, 0.3) is 22.2 Å². The number of H-pyrrole nitrogens is 1. The van der Waals surface area contributed by atoms with E-state index in [-0.39, 0.29) is 0 Å². The number of nitrogens with one attached hydrogen (secondary N) is 1. The van der Waals surface area contributed by atoms with Crippen molar-refractivity contribution < 1.29 is 0 Å². The molecule has 0 radical (unpaired) electrons. The van der Waals surface area contributed by atoms with E-state index in [1.165, 1.54) is 46.4 Å². The van der Waals surface area contributed by atoms with Crippen LogP contribution in [-0.4, -0.2) is 32.8 Å². The van der Waals surface area contributed by atoms with Crippen molar-refractivity contribution in [1.82, 2.24) is 19.7 Å². The first-order chi connectivity index (χ1) is 11.7. The third-order valence-electron chi connectivity index (χ3n) is 5.34. The maximum atomic E-state index is 4.76. The zero-order chi connectivity index (χ0) is 16.7. The number of hydrogen-bond acceptors (Lipinski definition) is 2. The number of aromatic nitrogens is 3. The van der Waals surface area contributed by atoms with Gasteiger partial charge in [0.25, 0.3) is 0 Å². The fourth-order valence-electron chi connectivity index (χ4n) is 4.20. The van der Waals surface area contributed by atoms with Gasteiger partial charge in [-0.3, -0.25) is 10.00 Å². The van der Waals surface area contributed by atoms with Gasteiger partial charge in [-0.25, -0.2) is 0 Å². The molecule has 1 aliphatic heterocycles. The quantitative estimate of drug-likeness (QED) is 0.784. The fraction of sp³-hybridized carbons (Fsp3) is 0.450. The molecule has 0 aliphatic carbocycles. The average Bonchev–Trinajstić information content (AvgIpc) is 3.12. The summed E-state index contributed by atoms with van der Waals surface area (Å²) in [6.07, 6.45) is 2.28. The van der Waals surface area contributed by atoms with Crippen molar-refractivity contribution >= 4 is 10.9 Å². The summed E-state index contributed by atoms with van der Waals surface area (Å²) in [6.45, 7) is 11.0. The second-order valence-corrected chi connectivity index (χ2v) is 6.78. The van der Waals surface area contributed by atoms with Crippen LogP contribution in [-0.2, 0) is 19.5 Å². The number of aromatic amines is 1. The minimum Gasteiger partial charge on any atom is -0.344 e. The average molecular weight is 322 g/mol. The Bertz CT molecular complexity index is 871. The lowest BCUT2D eigenvalue weighted by molar-refractivity contribution is 0.254. The third-order valence-corrected chi connectivity index (χ3v) is 5.34. The lowest BCUT2D eigenvalue weighted by Gasteiger charge is -2.26. The molecule has 4 rings (SSSR count). The van der Waals surface area contributed by atoms with Gasteiger partial charge in [0.05, 0.1) is 5.69 Å². The van der Waals surface area contributed by atoms with Crippen LogP contribution in [0.4, 0.5) is 0 Å². The largest absolute Gasteiger partial charge is 0.344 e. The molecule has 3 heterocycles. The van der Waals surface area contributed by atoms with Crippen molar-refractivity contribution in [3.05, 3.63) is 41.2 Å². The predicted molar refractivity (Wildman–Crippen MR) is 99.2 cm³/mol. The SMILES string of the molecule is CCCN1CCc2[nH]nc(-c3c(C)n(CC)c4ccccc34)c2C1. The number of rotatable bonds is 4. The Balaban J connectivity index is 1.88. The monoisotopic (exact) mass is 322 g/mol. The summed E-state index contributed by atoms with van der Waals surface area (Å²) in [6, 6.07) is 8.71. The standard InChI is InChI=1S/C20H26N4/c1-4-11-23-12-10-17-16(13-23)20(22-21-17)19-14(3)24(5-2)18-9-7-6-8-15(18)19/h6-9H,4-5,10-13H2,1-3H3,(H,21,22). The summed E-state index contributed by atoms with van der Waals surface area (Å²) in [5.74, 6) is 0. The van der Waals surface area contributed by atoms with Gasteiger partial charge in [0.2, 0.25) is 0 Å². The molecule has 1 aromatic carbocycles. The van der Waals surface area contributed by atoms with Crippen LogP contribution in [0.15, 0.2) is 24.3 Å². The molecule has 0 spiro atoms. The van der Waals surface area contributed by atoms with Crippen LogP contribution >= 0.6 is 0 Å². The zero-order valence-corrected chi connectivity index (χ0v) is 14.9. The number of nitrogens with zero attached hydrogens (tertiary/aromatic N) is 3. The molecule has 0 saturated heterocycles. The Kier molecular flexibility index (Phi) is 3.93. The van der Waals surface area contributed by atoms with Crippen LogP contribution in [0.2, 0.25) is 0 Å². The number of aryl methyl sites for hydroxylation is 1. The molecule has 126 valence electrons. The Morgan fingerprint density at radius 2 is 2.04 bits per heavy atom. The molecule has 2 aromatic heterocycles. The zero-order valence-electron chi connectivity index (χ0n) is 14.9. The highest BCUT2D eigenvalue weighted by Gasteiger charge is 2.25. The van der Waals surface area contributed by atoms with Gasteiger partial charge in [-0.2, -0.15) is 5.10 Å². The van der Waals surface area contributed by atoms with Crippen LogP contribution in [0.5, 0.6) is 0 Å². The second-order valence-electron chi connectivity index (χ2n) is 6.78. The highest BCUT2D eigenvalue weighted by Crippen LogP contribution is 2.37. The first kappa shape index (κ1) is 15.5. The van der Waals surface area contributed by atoms with Gasteiger partial charge >= 0.3 is 0 Å². The van der Waals surface area contributed by atoms with Crippen molar-refractivity contribution in [3.63, 3.8) is 0 Å². The Labute approximate surface area is 143 Å². The van der Waals surface area contributed by atoms with Crippen molar-refractivity contribution in [3.8, 4) is 11.3 Å². The Morgan fingerprint density at radius 1 is 1.21 bits per heavy atom. The number of fused-ring (bicyclic) bond motifs is 2. The fourth-order valence-corrected chi connectivity index (χ4v) is 4.20. The summed E-state index contributed by atoms with van der Waals surface area (Å²) in [7, 11) is 0. The van der Waals surface area contributed by atoms with Crippen LogP contribution in [0.3, 0.4) is 0 Å². The molecule has 0 bridgehead atoms. The van der Waals surface area contributed by atoms with E-state index in [1.54, 1.807) is 0 Å². The first-order valence-corrected chi connectivity index (χ1v) is 9.11. The smallest absolute Gasteiger partial charge is 0.0992 e. The van der Waals surface area contributed by atoms with E-state index in [2.05, 4.69) is 59.6 Å². The molecule has 3 aromatic rings. The molecule has 0 unspecified atom stereocenters. The predicted octanol–water partition coefficient (Wildman–Crippen LogP) is 4.13. The highest BCUT2D eigenvalue weighted by molar-refractivity contribution is 5.98. The van der Waals surface area contributed by atoms with Gasteiger partial charge in [-0.1, -0.05) is 25.1 Å². The van der Waals surface area contributed by atoms with E-state index < -0.39 is 0 Å². The Morgan fingerprint density at radius 3 is 2.83 bits per heavy atom. The minimum absolute atomic E-state index is 0.987. The summed E-state index contributed by atoms with van der Waals surface area (Å²) in [5.41, 5.74) is 7.82. The van der Waals surface area contributed by atoms with Gasteiger partial charge in [-0.15, -0.1) is 0 Å². The molecular formula is C20H26N4. The van der Waals surface area contributed by atoms with E-state index in [0.29, 0.717) is 0 Å². The molecule has 4 nitrogen and oxygen atoms in total. The molecular weight excluding hydrogens is 296 g/mol. The van der Waals surface area contributed by atoms with E-state index in [1.807, 2.05) is 0 Å². The summed E-state index contributed by atoms with van der Waals surface area (Å²) >= 11 is 0. The van der Waals surface area contributed by atoms with Gasteiger partial charge in [0.1, 0.15) is 0 Å². The van der Waals surface area contributed by atoms with E-state index in [4.69, 9.17) is 5.10 Å². The molecule has 0 fully saturated rings. The molecule has 4 heteroatoms. The van der Waals surface area contributed by atoms with Crippen molar-refractivity contribution in [2.75, 3.05) is 13.1 Å². The molecule has 0 amide bonds. The molecule has 1 aliphatic rings. The maximum absolute atomic E-state index is 4.76. The number of benzene rings is 1. The summed E-state index contributed by atoms with van der Waals surface area (Å²) in [5, 5.41) is 9.40. The van der Waals surface area contributed by atoms with Gasteiger partial charge in [-0.05, 0) is 32.9 Å². The summed E-state index contributed by atoms with van der Waals surface area (Å²) < 4.78 is 2.40. The number of hydrogen-bond donors (Lipinski definition) is 1. The Hall–Kier alpha value is -2.07. The van der Waals surface area contributed by atoms with Crippen molar-refractivity contribution in [1.29, 1.82) is 0 Å². The van der Waals surface area contributed by atoms with Gasteiger partial charge in [0.15, 0.2) is 0 Å². The van der Waals surface area contributed by atoms with E-state index in [9.17, 15) is 0 Å². The first-order valence-electron chi connectivity index (χ1n) is 9.11. The summed E-state index contributed by atoms with van der Waals surface area (Å²) in [4.78, 5) is 2.55. The van der Waals surface area contributed by atoms with Crippen molar-refractivity contribution in [2.45, 2.75) is 46.7 Å². The third kappa shape index (κ3) is 2.28. The highest BCUT2D eigenvalue weighted by atomic mass is 15.2. The second kappa shape index (κ2) is 6.10. The molecule has 0 atom stereocenters. The normalized spacial score (nSPS) is 15.1. The van der Waals surface area contributed by atoms with Gasteiger partial charge < -0.3 is 4.57 Å². The van der Waals surface area contributed by atoms with Crippen LogP contribution < -0.4 is 0 Å². The lowest BCUT2D eigenvalue weighted by Crippen LogP contribution is -2.31. The topological polar surface area (TPSA) is 36.9 Å². The van der Waals surface area contributed by atoms with E-state index >= 15 is 0 Å². The van der Waals surface area contributed by atoms with Gasteiger partial charge in [0, 0.05) is 59.5 Å². The minimum atomic E-state index is 0.987. The maximum Gasteiger partial charge on any atom is 0.0992 e. The van der Waals surface area contributed by atoms with Crippen LogP contribution in [0.1, 0.15) is 37.2 Å². The molecule has 1 N–H and O–H groups in total. The van der Waals surface area contributed by atoms with E-state index in [0.717, 1.165) is 31.7 Å². The lowest BCUT2D eigenvalue weighted by atomic mass is 9.99. The number of para-hydroxylation sites is 1.